The number of piperidine rings is 1. The van der Waals surface area contributed by atoms with Gasteiger partial charge in [-0.1, -0.05) is 60.7 Å². The van der Waals surface area contributed by atoms with Gasteiger partial charge in [-0.2, -0.15) is 13.5 Å². The maximum absolute atomic E-state index is 17.1. The average molecular weight is 760 g/mol. The van der Waals surface area contributed by atoms with E-state index < -0.39 is 57.2 Å². The Balaban J connectivity index is 1.19. The second-order valence-electron chi connectivity index (χ2n) is 15.8. The van der Waals surface area contributed by atoms with E-state index in [0.29, 0.717) is 47.9 Å². The first-order chi connectivity index (χ1) is 25.7. The van der Waals surface area contributed by atoms with Crippen LogP contribution in [0.25, 0.3) is 21.9 Å². The molecule has 2 amide bonds. The zero-order valence-electron chi connectivity index (χ0n) is 30.8. The van der Waals surface area contributed by atoms with E-state index in [9.17, 15) is 18.0 Å². The Bertz CT molecular complexity index is 2100. The molecule has 2 bridgehead atoms. The van der Waals surface area contributed by atoms with Crippen molar-refractivity contribution in [1.29, 1.82) is 0 Å². The lowest BCUT2D eigenvalue weighted by molar-refractivity contribution is -0.149. The number of carbonyl (C=O) groups excluding carboxylic acids is 2. The Morgan fingerprint density at radius 1 is 0.796 bits per heavy atom. The molecule has 54 heavy (non-hydrogen) atoms. The highest BCUT2D eigenvalue weighted by molar-refractivity contribution is 7.89. The largest absolute Gasteiger partial charge is 0.490 e. The Morgan fingerprint density at radius 2 is 1.44 bits per heavy atom. The van der Waals surface area contributed by atoms with Gasteiger partial charge < -0.3 is 19.7 Å². The molecule has 2 saturated heterocycles. The van der Waals surface area contributed by atoms with Crippen LogP contribution in [0.15, 0.2) is 95.9 Å². The Labute approximate surface area is 315 Å². The zero-order chi connectivity index (χ0) is 38.3. The number of halogens is 2. The number of benzene rings is 4. The van der Waals surface area contributed by atoms with Gasteiger partial charge in [-0.05, 0) is 124 Å². The Morgan fingerprint density at radius 3 is 2.13 bits per heavy atom. The molecule has 2 aliphatic heterocycles. The van der Waals surface area contributed by atoms with E-state index in [-0.39, 0.29) is 17.0 Å². The Hall–Kier alpha value is -4.55. The molecule has 9 nitrogen and oxygen atoms in total. The van der Waals surface area contributed by atoms with Crippen molar-refractivity contribution in [2.45, 2.75) is 119 Å². The summed E-state index contributed by atoms with van der Waals surface area (Å²) in [5, 5.41) is 4.19. The number of hydrogen-bond donors (Lipinski definition) is 2. The van der Waals surface area contributed by atoms with Gasteiger partial charge in [0.15, 0.2) is 6.04 Å². The first-order valence-electron chi connectivity index (χ1n) is 18.7. The number of amides is 2. The molecule has 12 heteroatoms. The number of alkyl carbamates (subject to hydrolysis) is 1. The van der Waals surface area contributed by atoms with E-state index in [1.54, 1.807) is 69.3 Å². The highest BCUT2D eigenvalue weighted by atomic mass is 32.2. The lowest BCUT2D eigenvalue weighted by Crippen LogP contribution is -2.61. The minimum atomic E-state index is -4.66. The molecule has 3 atom stereocenters. The summed E-state index contributed by atoms with van der Waals surface area (Å²) >= 11 is 0. The first kappa shape index (κ1) is 37.8. The van der Waals surface area contributed by atoms with Gasteiger partial charge in [0.05, 0.1) is 11.0 Å². The molecule has 2 N–H and O–H groups in total. The second-order valence-corrected chi connectivity index (χ2v) is 17.5. The van der Waals surface area contributed by atoms with E-state index in [1.807, 2.05) is 12.1 Å². The second kappa shape index (κ2) is 14.9. The van der Waals surface area contributed by atoms with Crippen LogP contribution in [0.5, 0.6) is 5.75 Å². The molecule has 3 unspecified atom stereocenters. The van der Waals surface area contributed by atoms with Crippen LogP contribution in [-0.2, 0) is 25.5 Å². The third kappa shape index (κ3) is 8.24. The number of hydrogen-bond acceptors (Lipinski definition) is 6. The zero-order valence-corrected chi connectivity index (χ0v) is 31.6. The highest BCUT2D eigenvalue weighted by Crippen LogP contribution is 2.41. The molecule has 3 fully saturated rings. The maximum atomic E-state index is 17.1. The van der Waals surface area contributed by atoms with Crippen molar-refractivity contribution in [1.82, 2.24) is 14.9 Å². The standard InChI is InChI=1S/C42H47F2N3O6S/c1-41(2,3)53-40(49)45-32-25-33-18-19-34(26-32)47(33)39(48)38(42(43,44)31-13-9-12-28(22-31)27-10-5-4-6-11-27)46-54(50,51)37-21-17-29-23-36(20-16-30(29)24-37)52-35-14-7-8-15-35/h4-6,9-13,16-17,20-24,32-35,38,46H,7-8,14-15,18-19,25-26H2,1-3H3,(H,45,49). The van der Waals surface area contributed by atoms with Crippen LogP contribution in [-0.4, -0.2) is 61.2 Å². The summed E-state index contributed by atoms with van der Waals surface area (Å²) in [5.74, 6) is -4.28. The van der Waals surface area contributed by atoms with E-state index >= 15 is 8.78 Å². The molecule has 0 aromatic heterocycles. The molecular formula is C42H47F2N3O6S. The lowest BCUT2D eigenvalue weighted by atomic mass is 9.93. The number of carbonyl (C=O) groups is 2. The summed E-state index contributed by atoms with van der Waals surface area (Å²) in [6.07, 6.45) is 5.52. The molecule has 4 aromatic rings. The van der Waals surface area contributed by atoms with Gasteiger partial charge in [-0.15, -0.1) is 0 Å². The van der Waals surface area contributed by atoms with Crippen LogP contribution in [0.2, 0.25) is 0 Å². The van der Waals surface area contributed by atoms with Crippen LogP contribution in [0.4, 0.5) is 13.6 Å². The molecule has 2 heterocycles. The summed E-state index contributed by atoms with van der Waals surface area (Å²) in [6.45, 7) is 5.28. The fourth-order valence-corrected chi connectivity index (χ4v) is 9.35. The van der Waals surface area contributed by atoms with Crippen molar-refractivity contribution in [2.24, 2.45) is 0 Å². The molecular weight excluding hydrogens is 713 g/mol. The summed E-state index contributed by atoms with van der Waals surface area (Å²) in [7, 11) is -4.66. The van der Waals surface area contributed by atoms with E-state index in [0.717, 1.165) is 31.1 Å². The van der Waals surface area contributed by atoms with Crippen LogP contribution in [0.3, 0.4) is 0 Å². The quantitative estimate of drug-likeness (QED) is 0.168. The topological polar surface area (TPSA) is 114 Å². The van der Waals surface area contributed by atoms with Gasteiger partial charge in [0.25, 0.3) is 5.92 Å². The molecule has 7 rings (SSSR count). The fraction of sp³-hybridized carbons (Fsp3) is 0.429. The van der Waals surface area contributed by atoms with Crippen molar-refractivity contribution in [3.8, 4) is 16.9 Å². The van der Waals surface area contributed by atoms with Gasteiger partial charge in [-0.25, -0.2) is 13.2 Å². The van der Waals surface area contributed by atoms with Crippen molar-refractivity contribution in [2.75, 3.05) is 0 Å². The summed E-state index contributed by atoms with van der Waals surface area (Å²) in [6, 6.07) is 20.7. The van der Waals surface area contributed by atoms with Gasteiger partial charge >= 0.3 is 6.09 Å². The van der Waals surface area contributed by atoms with E-state index in [1.165, 1.54) is 35.2 Å². The third-order valence-corrected chi connectivity index (χ3v) is 12.1. The summed E-state index contributed by atoms with van der Waals surface area (Å²) in [5.41, 5.74) is 0.00298. The van der Waals surface area contributed by atoms with Crippen molar-refractivity contribution in [3.63, 3.8) is 0 Å². The number of nitrogens with zero attached hydrogens (tertiary/aromatic N) is 1. The average Bonchev–Trinajstić information content (AvgIpc) is 3.74. The molecule has 4 aromatic carbocycles. The van der Waals surface area contributed by atoms with Crippen LogP contribution >= 0.6 is 0 Å². The number of sulfonamides is 1. The monoisotopic (exact) mass is 759 g/mol. The van der Waals surface area contributed by atoms with Crippen LogP contribution in [0.1, 0.15) is 77.7 Å². The summed E-state index contributed by atoms with van der Waals surface area (Å²) < 4.78 is 76.0. The molecule has 0 radical (unpaired) electrons. The van der Waals surface area contributed by atoms with Crippen LogP contribution < -0.4 is 14.8 Å². The fourth-order valence-electron chi connectivity index (χ4n) is 8.13. The Kier molecular flexibility index (Phi) is 10.4. The van der Waals surface area contributed by atoms with Crippen LogP contribution in [0, 0.1) is 0 Å². The normalized spacial score (nSPS) is 21.2. The number of nitrogens with one attached hydrogen (secondary N) is 2. The molecule has 1 saturated carbocycles. The smallest absolute Gasteiger partial charge is 0.407 e. The third-order valence-electron chi connectivity index (χ3n) is 10.6. The van der Waals surface area contributed by atoms with Gasteiger partial charge in [0.1, 0.15) is 11.4 Å². The molecule has 286 valence electrons. The van der Waals surface area contributed by atoms with Crippen molar-refractivity contribution >= 4 is 32.8 Å². The lowest BCUT2D eigenvalue weighted by Gasteiger charge is -2.42. The highest BCUT2D eigenvalue weighted by Gasteiger charge is 2.54. The van der Waals surface area contributed by atoms with Crippen molar-refractivity contribution in [3.05, 3.63) is 96.6 Å². The number of alkyl halides is 2. The SMILES string of the molecule is CC(C)(C)OC(=O)NC1CC2CCC(C1)N2C(=O)C(NS(=O)(=O)c1ccc2cc(OC3CCCC3)ccc2c1)C(F)(F)c1cccc(-c2ccccc2)c1. The molecule has 0 spiro atoms. The first-order valence-corrected chi connectivity index (χ1v) is 20.2. The van der Waals surface area contributed by atoms with Gasteiger partial charge in [-0.3, -0.25) is 4.79 Å². The predicted octanol–water partition coefficient (Wildman–Crippen LogP) is 8.31. The molecule has 1 aliphatic carbocycles. The number of fused-ring (bicyclic) bond motifs is 3. The molecule has 3 aliphatic rings. The van der Waals surface area contributed by atoms with Crippen molar-refractivity contribution < 1.29 is 36.3 Å². The number of rotatable bonds is 10. The minimum absolute atomic E-state index is 0.151. The van der Waals surface area contributed by atoms with E-state index in [2.05, 4.69) is 10.0 Å². The predicted molar refractivity (Wildman–Crippen MR) is 203 cm³/mol. The van der Waals surface area contributed by atoms with E-state index in [4.69, 9.17) is 9.47 Å². The summed E-state index contributed by atoms with van der Waals surface area (Å²) in [4.78, 5) is 28.3. The van der Waals surface area contributed by atoms with Gasteiger partial charge in [0.2, 0.25) is 15.9 Å². The number of ether oxygens (including phenoxy) is 2. The van der Waals surface area contributed by atoms with Gasteiger partial charge in [0, 0.05) is 23.7 Å². The maximum Gasteiger partial charge on any atom is 0.407 e. The minimum Gasteiger partial charge on any atom is -0.490 e.